The van der Waals surface area contributed by atoms with Gasteiger partial charge in [-0.1, -0.05) is 13.0 Å². The Labute approximate surface area is 229 Å². The Bertz CT molecular complexity index is 1220. The highest BCUT2D eigenvalue weighted by Gasteiger charge is 2.37. The maximum Gasteiger partial charge on any atom is 0.510 e. The first-order chi connectivity index (χ1) is 18.8. The number of anilines is 1. The second-order valence-corrected chi connectivity index (χ2v) is 11.7. The molecular formula is C26H38N6O6S. The average molecular weight is 563 g/mol. The third-order valence-electron chi connectivity index (χ3n) is 7.02. The number of fused-ring (bicyclic) bond motifs is 1. The summed E-state index contributed by atoms with van der Waals surface area (Å²) in [6.45, 7) is 6.15. The van der Waals surface area contributed by atoms with E-state index in [1.165, 1.54) is 4.90 Å². The SMILES string of the molecule is CCOC(=O)O[C@@H]1C[C@H](C)CCN1C(=O)[C@H](CCCNc1ncc[nH]1)NS(=O)(=O)c1ccc2c(c1)CCNC2. The van der Waals surface area contributed by atoms with Crippen LogP contribution in [0.15, 0.2) is 35.5 Å². The zero-order valence-electron chi connectivity index (χ0n) is 22.4. The summed E-state index contributed by atoms with van der Waals surface area (Å²) in [6, 6.07) is 4.03. The van der Waals surface area contributed by atoms with Crippen LogP contribution in [0.2, 0.25) is 0 Å². The molecule has 0 unspecified atom stereocenters. The summed E-state index contributed by atoms with van der Waals surface area (Å²) in [7, 11) is -4.01. The highest BCUT2D eigenvalue weighted by atomic mass is 32.2. The fraction of sp³-hybridized carbons (Fsp3) is 0.577. The van der Waals surface area contributed by atoms with Crippen LogP contribution in [-0.4, -0.2) is 73.9 Å². The number of aromatic amines is 1. The van der Waals surface area contributed by atoms with E-state index >= 15 is 0 Å². The number of amides is 1. The first-order valence-electron chi connectivity index (χ1n) is 13.5. The van der Waals surface area contributed by atoms with Gasteiger partial charge < -0.3 is 30.0 Å². The molecule has 2 aromatic rings. The van der Waals surface area contributed by atoms with Crippen molar-refractivity contribution in [2.24, 2.45) is 5.92 Å². The lowest BCUT2D eigenvalue weighted by Gasteiger charge is -2.39. The van der Waals surface area contributed by atoms with E-state index in [-0.39, 0.29) is 23.8 Å². The van der Waals surface area contributed by atoms with Crippen LogP contribution in [0.25, 0.3) is 0 Å². The van der Waals surface area contributed by atoms with E-state index in [4.69, 9.17) is 9.47 Å². The zero-order valence-corrected chi connectivity index (χ0v) is 23.3. The second kappa shape index (κ2) is 13.3. The molecule has 0 aliphatic carbocycles. The van der Waals surface area contributed by atoms with E-state index in [0.717, 1.165) is 24.1 Å². The number of likely N-dealkylation sites (tertiary alicyclic amines) is 1. The Morgan fingerprint density at radius 2 is 2.13 bits per heavy atom. The van der Waals surface area contributed by atoms with Gasteiger partial charge in [-0.2, -0.15) is 4.72 Å². The predicted octanol–water partition coefficient (Wildman–Crippen LogP) is 2.35. The van der Waals surface area contributed by atoms with Crippen LogP contribution >= 0.6 is 0 Å². The number of carbonyl (C=O) groups excluding carboxylic acids is 2. The minimum Gasteiger partial charge on any atom is -0.435 e. The van der Waals surface area contributed by atoms with Crippen LogP contribution in [0.5, 0.6) is 0 Å². The number of hydrogen-bond donors (Lipinski definition) is 4. The molecule has 13 heteroatoms. The highest BCUT2D eigenvalue weighted by molar-refractivity contribution is 7.89. The summed E-state index contributed by atoms with van der Waals surface area (Å²) < 4.78 is 40.1. The van der Waals surface area contributed by atoms with Gasteiger partial charge in [0, 0.05) is 38.4 Å². The van der Waals surface area contributed by atoms with Gasteiger partial charge in [-0.25, -0.2) is 18.2 Å². The number of imidazole rings is 1. The molecule has 4 rings (SSSR count). The van der Waals surface area contributed by atoms with E-state index in [2.05, 4.69) is 25.3 Å². The molecule has 0 radical (unpaired) electrons. The summed E-state index contributed by atoms with van der Waals surface area (Å²) >= 11 is 0. The lowest BCUT2D eigenvalue weighted by molar-refractivity contribution is -0.150. The number of nitrogens with zero attached hydrogens (tertiary/aromatic N) is 2. The third kappa shape index (κ3) is 7.70. The van der Waals surface area contributed by atoms with Gasteiger partial charge in [0.1, 0.15) is 6.04 Å². The molecule has 2 aliphatic rings. The van der Waals surface area contributed by atoms with Crippen molar-refractivity contribution in [1.82, 2.24) is 24.9 Å². The van der Waals surface area contributed by atoms with E-state index in [0.29, 0.717) is 44.8 Å². The quantitative estimate of drug-likeness (QED) is 0.239. The molecule has 2 aliphatic heterocycles. The first kappa shape index (κ1) is 28.8. The summed E-state index contributed by atoms with van der Waals surface area (Å²) in [5.41, 5.74) is 2.05. The van der Waals surface area contributed by atoms with Gasteiger partial charge >= 0.3 is 6.16 Å². The fourth-order valence-electron chi connectivity index (χ4n) is 4.90. The van der Waals surface area contributed by atoms with Gasteiger partial charge in [-0.15, -0.1) is 0 Å². The second-order valence-electron chi connectivity index (χ2n) is 9.95. The Balaban J connectivity index is 1.52. The number of H-pyrrole nitrogens is 1. The largest absolute Gasteiger partial charge is 0.510 e. The Kier molecular flexibility index (Phi) is 9.81. The fourth-order valence-corrected chi connectivity index (χ4v) is 6.18. The predicted molar refractivity (Wildman–Crippen MR) is 144 cm³/mol. The molecule has 39 heavy (non-hydrogen) atoms. The van der Waals surface area contributed by atoms with Gasteiger partial charge in [0.2, 0.25) is 15.9 Å². The van der Waals surface area contributed by atoms with Crippen LogP contribution in [0.4, 0.5) is 10.7 Å². The lowest BCUT2D eigenvalue weighted by Crippen LogP contribution is -2.55. The van der Waals surface area contributed by atoms with Gasteiger partial charge in [0.15, 0.2) is 12.2 Å². The standard InChI is InChI=1S/C26H38N6O6S/c1-3-37-26(34)38-23-15-18(2)9-14-32(23)24(33)22(5-4-10-28-25-29-12-13-30-25)31-39(35,36)21-7-6-20-17-27-11-8-19(20)16-21/h6-7,12-13,16,18,22-23,27,31H,3-5,8-11,14-15,17H2,1-2H3,(H2,28,29,30)/t18-,22+,23-/m1/s1. The van der Waals surface area contributed by atoms with Gasteiger partial charge in [0.05, 0.1) is 11.5 Å². The number of carbonyl (C=O) groups is 2. The molecule has 3 heterocycles. The van der Waals surface area contributed by atoms with Crippen molar-refractivity contribution in [2.75, 3.05) is 31.6 Å². The molecule has 12 nitrogen and oxygen atoms in total. The number of nitrogens with one attached hydrogen (secondary N) is 4. The normalized spacial score (nSPS) is 20.1. The zero-order chi connectivity index (χ0) is 27.8. The molecule has 1 amide bonds. The Morgan fingerprint density at radius 3 is 2.90 bits per heavy atom. The van der Waals surface area contributed by atoms with Crippen LogP contribution in [0.3, 0.4) is 0 Å². The molecule has 1 aromatic heterocycles. The summed E-state index contributed by atoms with van der Waals surface area (Å²) in [6.07, 6.45) is 4.26. The van der Waals surface area contributed by atoms with Crippen molar-refractivity contribution in [1.29, 1.82) is 0 Å². The van der Waals surface area contributed by atoms with Crippen LogP contribution < -0.4 is 15.4 Å². The summed E-state index contributed by atoms with van der Waals surface area (Å²) in [5, 5.41) is 6.40. The van der Waals surface area contributed by atoms with Crippen molar-refractivity contribution >= 4 is 28.0 Å². The molecular weight excluding hydrogens is 524 g/mol. The average Bonchev–Trinajstić information content (AvgIpc) is 3.43. The van der Waals surface area contributed by atoms with Gasteiger partial charge in [-0.05, 0) is 68.3 Å². The molecule has 214 valence electrons. The highest BCUT2D eigenvalue weighted by Crippen LogP contribution is 2.26. The van der Waals surface area contributed by atoms with E-state index in [1.807, 2.05) is 13.0 Å². The molecule has 3 atom stereocenters. The van der Waals surface area contributed by atoms with E-state index < -0.39 is 34.4 Å². The molecule has 1 aromatic carbocycles. The van der Waals surface area contributed by atoms with E-state index in [9.17, 15) is 18.0 Å². The minimum absolute atomic E-state index is 0.126. The smallest absolute Gasteiger partial charge is 0.435 e. The van der Waals surface area contributed by atoms with Gasteiger partial charge in [-0.3, -0.25) is 4.79 Å². The number of rotatable bonds is 11. The van der Waals surface area contributed by atoms with Crippen molar-refractivity contribution in [2.45, 2.75) is 69.7 Å². The molecule has 1 fully saturated rings. The van der Waals surface area contributed by atoms with Gasteiger partial charge in [0.25, 0.3) is 0 Å². The van der Waals surface area contributed by atoms with Crippen LogP contribution in [0, 0.1) is 5.92 Å². The molecule has 1 saturated heterocycles. The van der Waals surface area contributed by atoms with Crippen molar-refractivity contribution < 1.29 is 27.5 Å². The third-order valence-corrected chi connectivity index (χ3v) is 8.49. The minimum atomic E-state index is -4.01. The number of ether oxygens (including phenoxy) is 2. The topological polar surface area (TPSA) is 155 Å². The van der Waals surface area contributed by atoms with Crippen molar-refractivity contribution in [3.8, 4) is 0 Å². The maximum absolute atomic E-state index is 13.8. The molecule has 0 spiro atoms. The number of benzene rings is 1. The number of piperidine rings is 1. The Hall–Kier alpha value is -3.16. The number of hydrogen-bond acceptors (Lipinski definition) is 9. The molecule has 4 N–H and O–H groups in total. The molecule has 0 bridgehead atoms. The van der Waals surface area contributed by atoms with Crippen molar-refractivity contribution in [3.63, 3.8) is 0 Å². The van der Waals surface area contributed by atoms with Crippen molar-refractivity contribution in [3.05, 3.63) is 41.7 Å². The lowest BCUT2D eigenvalue weighted by atomic mass is 9.96. The van der Waals surface area contributed by atoms with Crippen LogP contribution in [-0.2, 0) is 37.3 Å². The monoisotopic (exact) mass is 562 g/mol. The number of aromatic nitrogens is 2. The summed E-state index contributed by atoms with van der Waals surface area (Å²) in [4.78, 5) is 34.6. The Morgan fingerprint density at radius 1 is 1.28 bits per heavy atom. The summed E-state index contributed by atoms with van der Waals surface area (Å²) in [5.74, 6) is 0.390. The maximum atomic E-state index is 13.8. The number of sulfonamides is 1. The van der Waals surface area contributed by atoms with E-state index in [1.54, 1.807) is 31.5 Å². The first-order valence-corrected chi connectivity index (χ1v) is 15.0. The van der Waals surface area contributed by atoms with Crippen LogP contribution in [0.1, 0.15) is 50.7 Å². The molecule has 0 saturated carbocycles.